The Labute approximate surface area is 159 Å². The number of ether oxygens (including phenoxy) is 4. The van der Waals surface area contributed by atoms with Crippen molar-refractivity contribution in [2.45, 2.75) is 25.6 Å². The van der Waals surface area contributed by atoms with E-state index in [1.54, 1.807) is 32.4 Å². The molecule has 1 saturated heterocycles. The van der Waals surface area contributed by atoms with Crippen molar-refractivity contribution in [2.24, 2.45) is 0 Å². The quantitative estimate of drug-likeness (QED) is 0.772. The van der Waals surface area contributed by atoms with Gasteiger partial charge in [0.1, 0.15) is 12.4 Å². The highest BCUT2D eigenvalue weighted by atomic mass is 16.5. The van der Waals surface area contributed by atoms with Crippen LogP contribution in [0.3, 0.4) is 0 Å². The van der Waals surface area contributed by atoms with Gasteiger partial charge in [-0.2, -0.15) is 0 Å². The second-order valence-corrected chi connectivity index (χ2v) is 6.31. The monoisotopic (exact) mass is 371 g/mol. The maximum atomic E-state index is 12.5. The molecule has 0 bridgehead atoms. The summed E-state index contributed by atoms with van der Waals surface area (Å²) in [4.78, 5) is 12.5. The van der Waals surface area contributed by atoms with Gasteiger partial charge in [0.25, 0.3) is 5.91 Å². The lowest BCUT2D eigenvalue weighted by Gasteiger charge is -2.14. The van der Waals surface area contributed by atoms with Crippen LogP contribution in [0, 0.1) is 0 Å². The molecule has 0 saturated carbocycles. The van der Waals surface area contributed by atoms with E-state index in [-0.39, 0.29) is 18.6 Å². The number of carbonyl (C=O) groups is 1. The van der Waals surface area contributed by atoms with Crippen molar-refractivity contribution in [3.8, 4) is 17.2 Å². The molecule has 1 fully saturated rings. The lowest BCUT2D eigenvalue weighted by atomic mass is 10.1. The smallest absolute Gasteiger partial charge is 0.251 e. The van der Waals surface area contributed by atoms with Crippen molar-refractivity contribution in [1.29, 1.82) is 0 Å². The van der Waals surface area contributed by atoms with E-state index in [1.165, 1.54) is 0 Å². The lowest BCUT2D eigenvalue weighted by Crippen LogP contribution is -2.31. The Morgan fingerprint density at radius 2 is 1.89 bits per heavy atom. The molecule has 27 heavy (non-hydrogen) atoms. The summed E-state index contributed by atoms with van der Waals surface area (Å²) in [6, 6.07) is 12.7. The average molecular weight is 371 g/mol. The van der Waals surface area contributed by atoms with Crippen LogP contribution in [0.25, 0.3) is 0 Å². The van der Waals surface area contributed by atoms with Gasteiger partial charge in [-0.25, -0.2) is 0 Å². The number of benzene rings is 2. The second kappa shape index (κ2) is 9.28. The molecule has 0 unspecified atom stereocenters. The summed E-state index contributed by atoms with van der Waals surface area (Å²) < 4.78 is 22.1. The van der Waals surface area contributed by atoms with Gasteiger partial charge in [-0.05, 0) is 43.2 Å². The molecule has 0 spiro atoms. The molecule has 2 aromatic carbocycles. The summed E-state index contributed by atoms with van der Waals surface area (Å²) in [6.07, 6.45) is 2.15. The highest BCUT2D eigenvalue weighted by Gasteiger charge is 2.17. The van der Waals surface area contributed by atoms with E-state index in [2.05, 4.69) is 5.32 Å². The number of carbonyl (C=O) groups excluding carboxylic acids is 1. The predicted molar refractivity (Wildman–Crippen MR) is 102 cm³/mol. The molecule has 1 N–H and O–H groups in total. The first-order valence-corrected chi connectivity index (χ1v) is 9.04. The largest absolute Gasteiger partial charge is 0.496 e. The van der Waals surface area contributed by atoms with E-state index in [4.69, 9.17) is 18.9 Å². The fourth-order valence-electron chi connectivity index (χ4n) is 3.04. The minimum Gasteiger partial charge on any atom is -0.496 e. The molecule has 0 aromatic heterocycles. The molecule has 144 valence electrons. The number of amides is 1. The summed E-state index contributed by atoms with van der Waals surface area (Å²) in [5, 5.41) is 2.93. The zero-order valence-electron chi connectivity index (χ0n) is 15.7. The first-order chi connectivity index (χ1) is 13.2. The van der Waals surface area contributed by atoms with Gasteiger partial charge in [0.15, 0.2) is 11.5 Å². The third kappa shape index (κ3) is 4.92. The molecular formula is C21H25NO5. The number of methoxy groups -OCH3 is 2. The standard InChI is InChI=1S/C21H25NO5/c1-24-18-10-9-15(21(23)22-13-17-6-5-11-26-17)12-16(18)14-27-20-8-4-3-7-19(20)25-2/h3-4,7-10,12,17H,5-6,11,13-14H2,1-2H3,(H,22,23)/t17-/m1/s1. The normalized spacial score (nSPS) is 16.0. The van der Waals surface area contributed by atoms with Crippen molar-refractivity contribution >= 4 is 5.91 Å². The fourth-order valence-corrected chi connectivity index (χ4v) is 3.04. The molecule has 1 amide bonds. The maximum Gasteiger partial charge on any atom is 0.251 e. The van der Waals surface area contributed by atoms with Crippen LogP contribution >= 0.6 is 0 Å². The van der Waals surface area contributed by atoms with Crippen LogP contribution in [-0.2, 0) is 11.3 Å². The highest BCUT2D eigenvalue weighted by molar-refractivity contribution is 5.94. The molecule has 1 atom stereocenters. The number of hydrogen-bond acceptors (Lipinski definition) is 5. The lowest BCUT2D eigenvalue weighted by molar-refractivity contribution is 0.0857. The molecule has 6 heteroatoms. The van der Waals surface area contributed by atoms with Crippen LogP contribution in [0.5, 0.6) is 17.2 Å². The van der Waals surface area contributed by atoms with E-state index in [1.807, 2.05) is 24.3 Å². The van der Waals surface area contributed by atoms with Gasteiger partial charge in [0, 0.05) is 24.3 Å². The van der Waals surface area contributed by atoms with E-state index >= 15 is 0 Å². The van der Waals surface area contributed by atoms with Crippen LogP contribution in [0.2, 0.25) is 0 Å². The Hall–Kier alpha value is -2.73. The van der Waals surface area contributed by atoms with Crippen molar-refractivity contribution < 1.29 is 23.7 Å². The van der Waals surface area contributed by atoms with Gasteiger partial charge in [-0.1, -0.05) is 12.1 Å². The zero-order chi connectivity index (χ0) is 19.1. The van der Waals surface area contributed by atoms with Gasteiger partial charge in [0.2, 0.25) is 0 Å². The summed E-state index contributed by atoms with van der Waals surface area (Å²) in [7, 11) is 3.20. The van der Waals surface area contributed by atoms with Gasteiger partial charge < -0.3 is 24.3 Å². The third-order valence-electron chi connectivity index (χ3n) is 4.51. The number of nitrogens with one attached hydrogen (secondary N) is 1. The Kier molecular flexibility index (Phi) is 6.54. The Balaban J connectivity index is 1.68. The molecule has 3 rings (SSSR count). The second-order valence-electron chi connectivity index (χ2n) is 6.31. The first-order valence-electron chi connectivity index (χ1n) is 9.04. The SMILES string of the molecule is COc1ccc(C(=O)NC[C@H]2CCCO2)cc1COc1ccccc1OC. The van der Waals surface area contributed by atoms with Crippen molar-refractivity contribution in [3.05, 3.63) is 53.6 Å². The number of hydrogen-bond donors (Lipinski definition) is 1. The Bertz CT molecular complexity index is 771. The summed E-state index contributed by atoms with van der Waals surface area (Å²) in [5.41, 5.74) is 1.35. The number of para-hydroxylation sites is 2. The average Bonchev–Trinajstić information content (AvgIpc) is 3.24. The number of rotatable bonds is 8. The van der Waals surface area contributed by atoms with E-state index < -0.39 is 0 Å². The fraction of sp³-hybridized carbons (Fsp3) is 0.381. The van der Waals surface area contributed by atoms with Gasteiger partial charge >= 0.3 is 0 Å². The molecular weight excluding hydrogens is 346 g/mol. The van der Waals surface area contributed by atoms with E-state index in [0.717, 1.165) is 25.0 Å². The highest BCUT2D eigenvalue weighted by Crippen LogP contribution is 2.28. The summed E-state index contributed by atoms with van der Waals surface area (Å²) in [5.74, 6) is 1.82. The Morgan fingerprint density at radius 1 is 1.11 bits per heavy atom. The minimum atomic E-state index is -0.133. The predicted octanol–water partition coefficient (Wildman–Crippen LogP) is 3.19. The molecule has 1 aliphatic rings. The topological polar surface area (TPSA) is 66.0 Å². The first kappa shape index (κ1) is 19.0. The van der Waals surface area contributed by atoms with Gasteiger partial charge in [-0.15, -0.1) is 0 Å². The van der Waals surface area contributed by atoms with Gasteiger partial charge in [-0.3, -0.25) is 4.79 Å². The van der Waals surface area contributed by atoms with Crippen molar-refractivity contribution in [2.75, 3.05) is 27.4 Å². The van der Waals surface area contributed by atoms with Crippen molar-refractivity contribution in [1.82, 2.24) is 5.32 Å². The maximum absolute atomic E-state index is 12.5. The molecule has 1 heterocycles. The van der Waals surface area contributed by atoms with Crippen LogP contribution in [0.15, 0.2) is 42.5 Å². The summed E-state index contributed by atoms with van der Waals surface area (Å²) >= 11 is 0. The van der Waals surface area contributed by atoms with Gasteiger partial charge in [0.05, 0.1) is 20.3 Å². The van der Waals surface area contributed by atoms with Crippen molar-refractivity contribution in [3.63, 3.8) is 0 Å². The molecule has 0 aliphatic carbocycles. The minimum absolute atomic E-state index is 0.112. The molecule has 2 aromatic rings. The van der Waals surface area contributed by atoms with Crippen LogP contribution in [0.4, 0.5) is 0 Å². The van der Waals surface area contributed by atoms with Crippen LogP contribution in [0.1, 0.15) is 28.8 Å². The molecule has 0 radical (unpaired) electrons. The van der Waals surface area contributed by atoms with Crippen LogP contribution in [-0.4, -0.2) is 39.4 Å². The Morgan fingerprint density at radius 3 is 2.59 bits per heavy atom. The van der Waals surface area contributed by atoms with Crippen LogP contribution < -0.4 is 19.5 Å². The van der Waals surface area contributed by atoms with E-state index in [9.17, 15) is 4.79 Å². The zero-order valence-corrected chi connectivity index (χ0v) is 15.7. The molecule has 1 aliphatic heterocycles. The van der Waals surface area contributed by atoms with E-state index in [0.29, 0.717) is 29.4 Å². The summed E-state index contributed by atoms with van der Waals surface area (Å²) in [6.45, 7) is 1.56. The molecule has 6 nitrogen and oxygen atoms in total. The third-order valence-corrected chi connectivity index (χ3v) is 4.51.